The molecule has 0 spiro atoms. The van der Waals surface area contributed by atoms with Crippen LogP contribution in [0.4, 0.5) is 11.6 Å². The number of aromatic nitrogens is 2. The Morgan fingerprint density at radius 1 is 1.19 bits per heavy atom. The number of rotatable bonds is 4. The summed E-state index contributed by atoms with van der Waals surface area (Å²) in [7, 11) is 0. The molecule has 0 fully saturated rings. The van der Waals surface area contributed by atoms with Gasteiger partial charge in [0, 0.05) is 21.9 Å². The molecule has 0 aliphatic heterocycles. The number of anilines is 2. The van der Waals surface area contributed by atoms with Crippen LogP contribution in [-0.2, 0) is 0 Å². The van der Waals surface area contributed by atoms with Crippen molar-refractivity contribution in [2.45, 2.75) is 26.8 Å². The fourth-order valence-electron chi connectivity index (χ4n) is 1.74. The van der Waals surface area contributed by atoms with Crippen molar-refractivity contribution in [3.8, 4) is 0 Å². The first-order chi connectivity index (χ1) is 9.94. The van der Waals surface area contributed by atoms with Gasteiger partial charge in [0.15, 0.2) is 0 Å². The van der Waals surface area contributed by atoms with Crippen LogP contribution in [0.25, 0.3) is 0 Å². The van der Waals surface area contributed by atoms with E-state index in [2.05, 4.69) is 36.5 Å². The second-order valence-electron chi connectivity index (χ2n) is 4.98. The summed E-state index contributed by atoms with van der Waals surface area (Å²) >= 11 is 3.36. The topological polar surface area (TPSA) is 66.9 Å². The first-order valence-corrected chi connectivity index (χ1v) is 7.42. The molecule has 1 aromatic carbocycles. The number of amides is 1. The third-order valence-corrected chi connectivity index (χ3v) is 3.14. The van der Waals surface area contributed by atoms with Gasteiger partial charge in [-0.05, 0) is 51.1 Å². The summed E-state index contributed by atoms with van der Waals surface area (Å²) in [5.41, 5.74) is 1.81. The quantitative estimate of drug-likeness (QED) is 0.885. The van der Waals surface area contributed by atoms with Gasteiger partial charge >= 0.3 is 0 Å². The highest BCUT2D eigenvalue weighted by Gasteiger charge is 2.11. The van der Waals surface area contributed by atoms with E-state index in [1.54, 1.807) is 6.07 Å². The first-order valence-electron chi connectivity index (χ1n) is 6.63. The predicted molar refractivity (Wildman–Crippen MR) is 87.6 cm³/mol. The van der Waals surface area contributed by atoms with E-state index in [1.807, 2.05) is 45.0 Å². The average Bonchev–Trinajstić information content (AvgIpc) is 2.40. The fourth-order valence-corrected chi connectivity index (χ4v) is 2.00. The molecule has 2 rings (SSSR count). The molecule has 1 amide bonds. The number of benzene rings is 1. The van der Waals surface area contributed by atoms with E-state index in [9.17, 15) is 4.79 Å². The monoisotopic (exact) mass is 348 g/mol. The van der Waals surface area contributed by atoms with Gasteiger partial charge in [0.05, 0.1) is 0 Å². The van der Waals surface area contributed by atoms with E-state index >= 15 is 0 Å². The minimum absolute atomic E-state index is 0.203. The Balaban J connectivity index is 2.18. The van der Waals surface area contributed by atoms with Gasteiger partial charge in [-0.25, -0.2) is 9.97 Å². The number of hydrogen-bond donors (Lipinski definition) is 2. The molecule has 0 aliphatic rings. The van der Waals surface area contributed by atoms with E-state index in [1.165, 1.54) is 0 Å². The second-order valence-corrected chi connectivity index (χ2v) is 5.89. The van der Waals surface area contributed by atoms with Gasteiger partial charge in [0.2, 0.25) is 5.95 Å². The van der Waals surface area contributed by atoms with Gasteiger partial charge in [0.25, 0.3) is 5.91 Å². The molecular weight excluding hydrogens is 332 g/mol. The number of nitrogens with one attached hydrogen (secondary N) is 2. The van der Waals surface area contributed by atoms with E-state index in [-0.39, 0.29) is 11.9 Å². The van der Waals surface area contributed by atoms with Crippen molar-refractivity contribution < 1.29 is 4.79 Å². The number of carbonyl (C=O) groups excluding carboxylic acids is 1. The van der Waals surface area contributed by atoms with Gasteiger partial charge in [-0.15, -0.1) is 0 Å². The molecule has 2 aromatic rings. The summed E-state index contributed by atoms with van der Waals surface area (Å²) < 4.78 is 0.960. The van der Waals surface area contributed by atoms with Crippen LogP contribution in [0.2, 0.25) is 0 Å². The van der Waals surface area contributed by atoms with Gasteiger partial charge in [-0.1, -0.05) is 15.9 Å². The molecule has 0 aliphatic carbocycles. The Labute approximate surface area is 132 Å². The zero-order chi connectivity index (χ0) is 15.4. The number of hydrogen-bond acceptors (Lipinski definition) is 4. The highest BCUT2D eigenvalue weighted by atomic mass is 79.9. The van der Waals surface area contributed by atoms with E-state index in [0.29, 0.717) is 11.6 Å². The van der Waals surface area contributed by atoms with Crippen molar-refractivity contribution in [2.24, 2.45) is 0 Å². The van der Waals surface area contributed by atoms with E-state index in [0.717, 1.165) is 15.9 Å². The Bertz CT molecular complexity index is 641. The van der Waals surface area contributed by atoms with Crippen molar-refractivity contribution in [1.29, 1.82) is 0 Å². The van der Waals surface area contributed by atoms with Gasteiger partial charge in [-0.2, -0.15) is 0 Å². The Hall–Kier alpha value is -1.95. The predicted octanol–water partition coefficient (Wildman–Crippen LogP) is 3.62. The van der Waals surface area contributed by atoms with Crippen LogP contribution < -0.4 is 10.6 Å². The van der Waals surface area contributed by atoms with Crippen molar-refractivity contribution in [3.05, 3.63) is 46.2 Å². The summed E-state index contributed by atoms with van der Waals surface area (Å²) in [6, 6.07) is 9.25. The molecule has 0 radical (unpaired) electrons. The summed E-state index contributed by atoms with van der Waals surface area (Å²) in [5, 5.41) is 5.92. The average molecular weight is 349 g/mol. The number of aryl methyl sites for hydroxylation is 1. The van der Waals surface area contributed by atoms with Crippen molar-refractivity contribution in [3.63, 3.8) is 0 Å². The van der Waals surface area contributed by atoms with Crippen molar-refractivity contribution >= 4 is 33.5 Å². The molecule has 0 atom stereocenters. The SMILES string of the molecule is Cc1cc(C(=O)Nc2ccc(Br)cc2)nc(NC(C)C)n1. The maximum Gasteiger partial charge on any atom is 0.274 e. The highest BCUT2D eigenvalue weighted by molar-refractivity contribution is 9.10. The lowest BCUT2D eigenvalue weighted by molar-refractivity contribution is 0.102. The summed E-state index contributed by atoms with van der Waals surface area (Å²) in [4.78, 5) is 20.8. The highest BCUT2D eigenvalue weighted by Crippen LogP contribution is 2.15. The normalized spacial score (nSPS) is 10.5. The zero-order valence-electron chi connectivity index (χ0n) is 12.1. The first kappa shape index (κ1) is 15.4. The molecule has 0 unspecified atom stereocenters. The number of nitrogens with zero attached hydrogens (tertiary/aromatic N) is 2. The van der Waals surface area contributed by atoms with E-state index in [4.69, 9.17) is 0 Å². The van der Waals surface area contributed by atoms with Crippen LogP contribution in [0.3, 0.4) is 0 Å². The molecule has 21 heavy (non-hydrogen) atoms. The summed E-state index contributed by atoms with van der Waals surface area (Å²) in [6.45, 7) is 5.82. The van der Waals surface area contributed by atoms with Crippen LogP contribution in [-0.4, -0.2) is 21.9 Å². The van der Waals surface area contributed by atoms with Crippen molar-refractivity contribution in [1.82, 2.24) is 9.97 Å². The summed E-state index contributed by atoms with van der Waals surface area (Å²) in [6.07, 6.45) is 0. The number of halogens is 1. The molecule has 110 valence electrons. The van der Waals surface area contributed by atoms with Crippen LogP contribution in [0, 0.1) is 6.92 Å². The lowest BCUT2D eigenvalue weighted by atomic mass is 10.3. The Kier molecular flexibility index (Phi) is 4.90. The van der Waals surface area contributed by atoms with Crippen LogP contribution in [0.5, 0.6) is 0 Å². The molecule has 6 heteroatoms. The minimum atomic E-state index is -0.255. The Morgan fingerprint density at radius 2 is 1.86 bits per heavy atom. The fraction of sp³-hybridized carbons (Fsp3) is 0.267. The standard InChI is InChI=1S/C15H17BrN4O/c1-9(2)17-15-18-10(3)8-13(20-15)14(21)19-12-6-4-11(16)5-7-12/h4-9H,1-3H3,(H,19,21)(H,17,18,20). The van der Waals surface area contributed by atoms with E-state index < -0.39 is 0 Å². The van der Waals surface area contributed by atoms with Crippen molar-refractivity contribution in [2.75, 3.05) is 10.6 Å². The molecule has 0 saturated heterocycles. The zero-order valence-corrected chi connectivity index (χ0v) is 13.7. The molecule has 0 bridgehead atoms. The lowest BCUT2D eigenvalue weighted by Gasteiger charge is -2.10. The molecule has 1 heterocycles. The van der Waals surface area contributed by atoms with Crippen LogP contribution in [0.1, 0.15) is 30.0 Å². The lowest BCUT2D eigenvalue weighted by Crippen LogP contribution is -2.18. The largest absolute Gasteiger partial charge is 0.352 e. The minimum Gasteiger partial charge on any atom is -0.352 e. The maximum atomic E-state index is 12.2. The third-order valence-electron chi connectivity index (χ3n) is 2.61. The van der Waals surface area contributed by atoms with Crippen LogP contribution in [0.15, 0.2) is 34.8 Å². The molecule has 5 nitrogen and oxygen atoms in total. The number of carbonyl (C=O) groups is 1. The third kappa shape index (κ3) is 4.53. The smallest absolute Gasteiger partial charge is 0.274 e. The van der Waals surface area contributed by atoms with Gasteiger partial charge in [0.1, 0.15) is 5.69 Å². The molecular formula is C15H17BrN4O. The second kappa shape index (κ2) is 6.67. The molecule has 0 saturated carbocycles. The van der Waals surface area contributed by atoms with Gasteiger partial charge < -0.3 is 10.6 Å². The van der Waals surface area contributed by atoms with Crippen LogP contribution >= 0.6 is 15.9 Å². The maximum absolute atomic E-state index is 12.2. The summed E-state index contributed by atoms with van der Waals surface area (Å²) in [5.74, 6) is 0.209. The Morgan fingerprint density at radius 3 is 2.48 bits per heavy atom. The van der Waals surface area contributed by atoms with Gasteiger partial charge in [-0.3, -0.25) is 4.79 Å². The molecule has 2 N–H and O–H groups in total. The molecule has 1 aromatic heterocycles.